The topological polar surface area (TPSA) is 84.2 Å². The summed E-state index contributed by atoms with van der Waals surface area (Å²) in [7, 11) is -3.61. The molecule has 1 aromatic carbocycles. The van der Waals surface area contributed by atoms with Crippen molar-refractivity contribution in [2.75, 3.05) is 13.1 Å². The maximum atomic E-state index is 11.3. The molecular weight excluding hydrogens is 262 g/mol. The number of nitrogens with two attached hydrogens (primary N) is 1. The Morgan fingerprint density at radius 2 is 2.21 bits per heavy atom. The van der Waals surface area contributed by atoms with Crippen molar-refractivity contribution >= 4 is 10.0 Å². The van der Waals surface area contributed by atoms with Gasteiger partial charge in [-0.3, -0.25) is 0 Å². The molecule has 19 heavy (non-hydrogen) atoms. The number of primary sulfonamides is 1. The minimum Gasteiger partial charge on any atom is -0.313 e. The Kier molecular flexibility index (Phi) is 4.93. The predicted molar refractivity (Wildman–Crippen MR) is 75.2 cm³/mol. The third-order valence-electron chi connectivity index (χ3n) is 3.36. The fraction of sp³-hybridized carbons (Fsp3) is 0.538. The lowest BCUT2D eigenvalue weighted by Crippen LogP contribution is -2.41. The first kappa shape index (κ1) is 14.5. The molecule has 1 atom stereocenters. The Morgan fingerprint density at radius 3 is 2.89 bits per heavy atom. The Balaban J connectivity index is 1.85. The summed E-state index contributed by atoms with van der Waals surface area (Å²) in [5.41, 5.74) is 0.933. The Morgan fingerprint density at radius 1 is 1.37 bits per heavy atom. The molecule has 1 saturated heterocycles. The van der Waals surface area contributed by atoms with Crippen molar-refractivity contribution in [2.24, 2.45) is 5.14 Å². The number of sulfonamides is 1. The summed E-state index contributed by atoms with van der Waals surface area (Å²) in [6, 6.07) is 7.28. The quantitative estimate of drug-likeness (QED) is 0.737. The highest BCUT2D eigenvalue weighted by atomic mass is 32.2. The van der Waals surface area contributed by atoms with Crippen LogP contribution in [0.2, 0.25) is 0 Å². The fourth-order valence-electron chi connectivity index (χ4n) is 2.32. The first-order valence-corrected chi connectivity index (χ1v) is 8.16. The maximum Gasteiger partial charge on any atom is 0.238 e. The van der Waals surface area contributed by atoms with E-state index >= 15 is 0 Å². The highest BCUT2D eigenvalue weighted by molar-refractivity contribution is 7.89. The largest absolute Gasteiger partial charge is 0.313 e. The molecule has 0 spiro atoms. The van der Waals surface area contributed by atoms with E-state index in [1.165, 1.54) is 25.3 Å². The first-order chi connectivity index (χ1) is 9.05. The van der Waals surface area contributed by atoms with E-state index in [0.29, 0.717) is 12.6 Å². The Bertz CT molecular complexity index is 510. The summed E-state index contributed by atoms with van der Waals surface area (Å²) in [4.78, 5) is 0.169. The highest BCUT2D eigenvalue weighted by Gasteiger charge is 2.12. The average molecular weight is 283 g/mol. The fourth-order valence-corrected chi connectivity index (χ4v) is 2.91. The van der Waals surface area contributed by atoms with Crippen LogP contribution in [0.5, 0.6) is 0 Å². The van der Waals surface area contributed by atoms with Crippen molar-refractivity contribution in [2.45, 2.75) is 36.7 Å². The molecule has 1 fully saturated rings. The molecule has 1 unspecified atom stereocenters. The van der Waals surface area contributed by atoms with Gasteiger partial charge in [0.2, 0.25) is 10.0 Å². The zero-order chi connectivity index (χ0) is 13.7. The monoisotopic (exact) mass is 283 g/mol. The maximum absolute atomic E-state index is 11.3. The van der Waals surface area contributed by atoms with Gasteiger partial charge in [-0.05, 0) is 37.1 Å². The molecule has 0 radical (unpaired) electrons. The molecule has 4 N–H and O–H groups in total. The minimum absolute atomic E-state index is 0.169. The van der Waals surface area contributed by atoms with Crippen LogP contribution in [0.1, 0.15) is 24.8 Å². The third-order valence-corrected chi connectivity index (χ3v) is 4.27. The Hall–Kier alpha value is -0.950. The molecule has 6 heteroatoms. The van der Waals surface area contributed by atoms with E-state index < -0.39 is 10.0 Å². The van der Waals surface area contributed by atoms with E-state index in [-0.39, 0.29) is 4.90 Å². The van der Waals surface area contributed by atoms with Crippen LogP contribution in [0.25, 0.3) is 0 Å². The van der Waals surface area contributed by atoms with Crippen LogP contribution >= 0.6 is 0 Å². The number of piperidine rings is 1. The summed E-state index contributed by atoms with van der Waals surface area (Å²) in [5.74, 6) is 0. The van der Waals surface area contributed by atoms with E-state index in [2.05, 4.69) is 10.6 Å². The van der Waals surface area contributed by atoms with Gasteiger partial charge in [0.1, 0.15) is 0 Å². The van der Waals surface area contributed by atoms with E-state index in [4.69, 9.17) is 5.14 Å². The van der Waals surface area contributed by atoms with E-state index in [0.717, 1.165) is 18.7 Å². The number of nitrogens with one attached hydrogen (secondary N) is 2. The van der Waals surface area contributed by atoms with Crippen LogP contribution in [0.15, 0.2) is 29.2 Å². The van der Waals surface area contributed by atoms with Crippen molar-refractivity contribution in [1.29, 1.82) is 0 Å². The number of benzene rings is 1. The number of hydrogen-bond donors (Lipinski definition) is 3. The average Bonchev–Trinajstić information content (AvgIpc) is 2.39. The molecule has 0 saturated carbocycles. The molecule has 106 valence electrons. The first-order valence-electron chi connectivity index (χ1n) is 6.61. The third kappa shape index (κ3) is 4.58. The molecule has 0 aliphatic carbocycles. The molecule has 1 aromatic rings. The zero-order valence-corrected chi connectivity index (χ0v) is 11.7. The SMILES string of the molecule is NS(=O)(=O)c1cccc(CNCC2CCCCN2)c1. The van der Waals surface area contributed by atoms with Crippen molar-refractivity contribution in [1.82, 2.24) is 10.6 Å². The van der Waals surface area contributed by atoms with Gasteiger partial charge in [0, 0.05) is 19.1 Å². The van der Waals surface area contributed by atoms with E-state index in [1.54, 1.807) is 12.1 Å². The van der Waals surface area contributed by atoms with Gasteiger partial charge >= 0.3 is 0 Å². The summed E-state index contributed by atoms with van der Waals surface area (Å²) < 4.78 is 22.5. The Labute approximate surface area is 114 Å². The van der Waals surface area contributed by atoms with Crippen molar-refractivity contribution in [3.8, 4) is 0 Å². The summed E-state index contributed by atoms with van der Waals surface area (Å²) in [5, 5.41) is 11.9. The highest BCUT2D eigenvalue weighted by Crippen LogP contribution is 2.10. The molecule has 1 aliphatic heterocycles. The second-order valence-electron chi connectivity index (χ2n) is 4.97. The van der Waals surface area contributed by atoms with Crippen LogP contribution in [0, 0.1) is 0 Å². The van der Waals surface area contributed by atoms with Gasteiger partial charge in [0.05, 0.1) is 4.90 Å². The van der Waals surface area contributed by atoms with Gasteiger partial charge < -0.3 is 10.6 Å². The molecule has 0 bridgehead atoms. The normalized spacial score (nSPS) is 20.4. The molecule has 5 nitrogen and oxygen atoms in total. The van der Waals surface area contributed by atoms with Gasteiger partial charge in [0.15, 0.2) is 0 Å². The summed E-state index contributed by atoms with van der Waals surface area (Å²) in [6.07, 6.45) is 3.73. The molecule has 1 heterocycles. The summed E-state index contributed by atoms with van der Waals surface area (Å²) in [6.45, 7) is 2.65. The lowest BCUT2D eigenvalue weighted by Gasteiger charge is -2.23. The van der Waals surface area contributed by atoms with E-state index in [1.807, 2.05) is 6.07 Å². The molecule has 2 rings (SSSR count). The van der Waals surface area contributed by atoms with Gasteiger partial charge in [-0.2, -0.15) is 0 Å². The minimum atomic E-state index is -3.61. The standard InChI is InChI=1S/C13H21N3O2S/c14-19(17,18)13-6-3-4-11(8-13)9-15-10-12-5-1-2-7-16-12/h3-4,6,8,12,15-16H,1-2,5,7,9-10H2,(H2,14,17,18). The second-order valence-corrected chi connectivity index (χ2v) is 6.53. The van der Waals surface area contributed by atoms with Crippen molar-refractivity contribution in [3.05, 3.63) is 29.8 Å². The molecule has 0 amide bonds. The van der Waals surface area contributed by atoms with Gasteiger partial charge in [-0.25, -0.2) is 13.6 Å². The van der Waals surface area contributed by atoms with Crippen LogP contribution in [0.3, 0.4) is 0 Å². The number of rotatable bonds is 5. The van der Waals surface area contributed by atoms with Gasteiger partial charge in [0.25, 0.3) is 0 Å². The van der Waals surface area contributed by atoms with E-state index in [9.17, 15) is 8.42 Å². The predicted octanol–water partition coefficient (Wildman–Crippen LogP) is 0.566. The van der Waals surface area contributed by atoms with Crippen molar-refractivity contribution < 1.29 is 8.42 Å². The lowest BCUT2D eigenvalue weighted by molar-refractivity contribution is 0.383. The summed E-state index contributed by atoms with van der Waals surface area (Å²) >= 11 is 0. The molecular formula is C13H21N3O2S. The smallest absolute Gasteiger partial charge is 0.238 e. The second kappa shape index (κ2) is 6.47. The van der Waals surface area contributed by atoms with Gasteiger partial charge in [-0.1, -0.05) is 18.6 Å². The van der Waals surface area contributed by atoms with Crippen molar-refractivity contribution in [3.63, 3.8) is 0 Å². The number of hydrogen-bond acceptors (Lipinski definition) is 4. The molecule has 0 aromatic heterocycles. The van der Waals surface area contributed by atoms with Crippen LogP contribution in [-0.4, -0.2) is 27.5 Å². The molecule has 1 aliphatic rings. The lowest BCUT2D eigenvalue weighted by atomic mass is 10.1. The zero-order valence-electron chi connectivity index (χ0n) is 10.9. The van der Waals surface area contributed by atoms with Crippen LogP contribution in [-0.2, 0) is 16.6 Å². The van der Waals surface area contributed by atoms with Crippen LogP contribution < -0.4 is 15.8 Å². The van der Waals surface area contributed by atoms with Crippen LogP contribution in [0.4, 0.5) is 0 Å². The van der Waals surface area contributed by atoms with Gasteiger partial charge in [-0.15, -0.1) is 0 Å².